The Bertz CT molecular complexity index is 1650. The van der Waals surface area contributed by atoms with E-state index < -0.39 is 31.0 Å². The fourth-order valence-electron chi connectivity index (χ4n) is 10.2. The zero-order valence-corrected chi connectivity index (χ0v) is 42.0. The molecule has 0 aliphatic rings. The van der Waals surface area contributed by atoms with Gasteiger partial charge in [-0.25, -0.2) is 0 Å². The number of hydrogen-bond acceptors (Lipinski definition) is 0. The Kier molecular flexibility index (Phi) is 14.9. The summed E-state index contributed by atoms with van der Waals surface area (Å²) in [5.74, 6) is 0. The van der Waals surface area contributed by atoms with E-state index in [1.165, 1.54) is 24.6 Å². The van der Waals surface area contributed by atoms with Gasteiger partial charge < -0.3 is 0 Å². The topological polar surface area (TPSA) is 0 Å². The van der Waals surface area contributed by atoms with Crippen LogP contribution in [0, 0.1) is 0 Å². The zero-order chi connectivity index (χ0) is 39.3. The highest BCUT2D eigenvalue weighted by molar-refractivity contribution is 8.11. The molecule has 0 nitrogen and oxygen atoms in total. The van der Waals surface area contributed by atoms with Crippen LogP contribution in [0.25, 0.3) is 0 Å². The lowest BCUT2D eigenvalue weighted by Gasteiger charge is -2.54. The third-order valence-electron chi connectivity index (χ3n) is 13.4. The van der Waals surface area contributed by atoms with Crippen molar-refractivity contribution in [2.45, 2.75) is 148 Å². The fraction of sp³-hybridized carbons (Fsp3) is 0.489. The molecule has 4 rings (SSSR count). The molecule has 0 fully saturated rings. The van der Waals surface area contributed by atoms with Gasteiger partial charge in [0.25, 0.3) is 0 Å². The van der Waals surface area contributed by atoms with Crippen molar-refractivity contribution in [3.05, 3.63) is 121 Å². The van der Waals surface area contributed by atoms with Gasteiger partial charge >= 0.3 is 0 Å². The lowest BCUT2D eigenvalue weighted by Crippen LogP contribution is -2.64. The van der Waals surface area contributed by atoms with E-state index in [0.717, 1.165) is 15.4 Å². The molecule has 0 radical (unpaired) electrons. The molecule has 0 aromatic heterocycles. The summed E-state index contributed by atoms with van der Waals surface area (Å²) in [7, 11) is -5.72. The van der Waals surface area contributed by atoms with Crippen LogP contribution in [0.1, 0.15) is 102 Å². The molecule has 288 valence electrons. The molecule has 4 aromatic rings. The van der Waals surface area contributed by atoms with Crippen molar-refractivity contribution in [3.8, 4) is 0 Å². The first kappa shape index (κ1) is 44.3. The Morgan fingerprint density at radius 2 is 0.830 bits per heavy atom. The molecule has 0 aliphatic carbocycles. The van der Waals surface area contributed by atoms with Crippen molar-refractivity contribution in [1.82, 2.24) is 0 Å². The van der Waals surface area contributed by atoms with E-state index in [0.29, 0.717) is 16.6 Å². The fourth-order valence-corrected chi connectivity index (χ4v) is 78.8. The third-order valence-corrected chi connectivity index (χ3v) is 70.7. The number of hydrogen-bond donors (Lipinski definition) is 0. The van der Waals surface area contributed by atoms with Crippen LogP contribution in [0.4, 0.5) is 0 Å². The summed E-state index contributed by atoms with van der Waals surface area (Å²) in [5, 5.41) is 7.01. The summed E-state index contributed by atoms with van der Waals surface area (Å²) in [6.07, 6.45) is 1.19. The quantitative estimate of drug-likeness (QED) is 0.0781. The van der Waals surface area contributed by atoms with Crippen molar-refractivity contribution >= 4 is 67.1 Å². The van der Waals surface area contributed by atoms with Crippen LogP contribution < -0.4 is 20.7 Å². The van der Waals surface area contributed by atoms with E-state index >= 15 is 0 Å². The maximum absolute atomic E-state index is 2.76. The predicted molar refractivity (Wildman–Crippen MR) is 258 cm³/mol. The van der Waals surface area contributed by atoms with Crippen LogP contribution in [-0.2, 0) is 6.42 Å². The van der Waals surface area contributed by atoms with Crippen LogP contribution in [0.5, 0.6) is 0 Å². The van der Waals surface area contributed by atoms with Gasteiger partial charge in [-0.2, -0.15) is 0 Å². The molecule has 0 heterocycles. The molecular weight excluding hydrogens is 739 g/mol. The van der Waals surface area contributed by atoms with Crippen molar-refractivity contribution in [1.29, 1.82) is 0 Å². The van der Waals surface area contributed by atoms with Crippen molar-refractivity contribution in [3.63, 3.8) is 0 Å². The van der Waals surface area contributed by atoms with Gasteiger partial charge in [-0.05, 0) is 59.4 Å². The van der Waals surface area contributed by atoms with Gasteiger partial charge in [-0.15, -0.1) is 15.4 Å². The Balaban J connectivity index is 1.94. The van der Waals surface area contributed by atoms with Crippen LogP contribution in [0.2, 0.25) is 44.8 Å². The first-order valence-corrected chi connectivity index (χ1v) is 35.6. The van der Waals surface area contributed by atoms with Gasteiger partial charge in [0.05, 0.1) is 15.5 Å². The van der Waals surface area contributed by atoms with Gasteiger partial charge in [0, 0.05) is 0 Å². The highest BCUT2D eigenvalue weighted by Gasteiger charge is 2.57. The summed E-state index contributed by atoms with van der Waals surface area (Å²) in [6.45, 7) is 36.2. The molecule has 0 bridgehead atoms. The van der Waals surface area contributed by atoms with E-state index in [-0.39, 0.29) is 10.1 Å². The van der Waals surface area contributed by atoms with Crippen molar-refractivity contribution in [2.24, 2.45) is 0 Å². The lowest BCUT2D eigenvalue weighted by atomic mass is 10.1. The first-order chi connectivity index (χ1) is 24.9. The standard InChI is InChI=1S/C47H74P2Si4/c1-15-50(16-2,17-3)48-53(47(12,13)14,44-33-25-20-26-34-44)45-35-27-28-41(37-45)36-40(8)51(38(4)5,39(6)7)49-52(46(9,10)11,42-29-21-18-22-30-42)43-31-23-19-24-32-43/h18-35,37-40,48-49H,15-17,36H2,1-14H3. The summed E-state index contributed by atoms with van der Waals surface area (Å²) >= 11 is 0. The molecule has 53 heavy (non-hydrogen) atoms. The minimum atomic E-state index is -2.24. The Morgan fingerprint density at radius 3 is 1.17 bits per heavy atom. The maximum Gasteiger partial charge on any atom is 0.142 e. The monoisotopic (exact) mass is 812 g/mol. The molecule has 4 atom stereocenters. The molecule has 0 spiro atoms. The average molecular weight is 813 g/mol. The molecule has 0 saturated heterocycles. The van der Waals surface area contributed by atoms with Gasteiger partial charge in [-0.1, -0.05) is 230 Å². The summed E-state index contributed by atoms with van der Waals surface area (Å²) in [6, 6.07) is 50.1. The SMILES string of the molecule is CC[Si](CC)(CC)P[Si](c1ccccc1)(c1cccc(CC(C)[Si](P[Si](c2ccccc2)(c2ccccc2)C(C)(C)C)(C(C)C)C(C)C)c1)C(C)(C)C. The zero-order valence-electron chi connectivity index (χ0n) is 36.0. The maximum atomic E-state index is 2.76. The van der Waals surface area contributed by atoms with E-state index in [9.17, 15) is 0 Å². The molecule has 0 saturated carbocycles. The number of rotatable bonds is 16. The molecule has 6 heteroatoms. The molecule has 4 aromatic carbocycles. The second-order valence-corrected chi connectivity index (χ2v) is 53.7. The Morgan fingerprint density at radius 1 is 0.472 bits per heavy atom. The van der Waals surface area contributed by atoms with Gasteiger partial charge in [-0.3, -0.25) is 0 Å². The second kappa shape index (κ2) is 17.8. The molecule has 0 amide bonds. The second-order valence-electron chi connectivity index (χ2n) is 18.7. The average Bonchev–Trinajstić information content (AvgIpc) is 3.13. The van der Waals surface area contributed by atoms with Crippen LogP contribution >= 0.6 is 15.4 Å². The third kappa shape index (κ3) is 8.64. The minimum absolute atomic E-state index is 0.179. The van der Waals surface area contributed by atoms with Crippen molar-refractivity contribution < 1.29 is 0 Å². The molecule has 4 unspecified atom stereocenters. The van der Waals surface area contributed by atoms with Crippen molar-refractivity contribution in [2.75, 3.05) is 0 Å². The largest absolute Gasteiger partial charge is 0.142 e. The van der Waals surface area contributed by atoms with E-state index in [1.807, 2.05) is 0 Å². The Hall–Kier alpha value is -1.39. The van der Waals surface area contributed by atoms with Crippen LogP contribution in [0.15, 0.2) is 115 Å². The minimum Gasteiger partial charge on any atom is -0.134 e. The van der Waals surface area contributed by atoms with Crippen LogP contribution in [0.3, 0.4) is 0 Å². The first-order valence-electron chi connectivity index (χ1n) is 20.7. The number of benzene rings is 4. The molecule has 0 aliphatic heterocycles. The molecule has 0 N–H and O–H groups in total. The predicted octanol–water partition coefficient (Wildman–Crippen LogP) is 13.2. The Labute approximate surface area is 334 Å². The highest BCUT2D eigenvalue weighted by atomic mass is 31.6. The van der Waals surface area contributed by atoms with E-state index in [1.54, 1.807) is 26.3 Å². The summed E-state index contributed by atoms with van der Waals surface area (Å²) in [5.41, 5.74) is 3.64. The summed E-state index contributed by atoms with van der Waals surface area (Å²) in [4.78, 5) is 0. The lowest BCUT2D eigenvalue weighted by molar-refractivity contribution is 0.744. The molecular formula is C47H74P2Si4. The van der Waals surface area contributed by atoms with Gasteiger partial charge in [0.1, 0.15) is 15.5 Å². The summed E-state index contributed by atoms with van der Waals surface area (Å²) < 4.78 is 0. The van der Waals surface area contributed by atoms with Crippen LogP contribution in [-0.4, -0.2) is 31.0 Å². The van der Waals surface area contributed by atoms with Gasteiger partial charge in [0.2, 0.25) is 0 Å². The smallest absolute Gasteiger partial charge is 0.134 e. The normalized spacial score (nSPS) is 15.5. The van der Waals surface area contributed by atoms with E-state index in [2.05, 4.69) is 212 Å². The van der Waals surface area contributed by atoms with E-state index in [4.69, 9.17) is 0 Å². The van der Waals surface area contributed by atoms with Gasteiger partial charge in [0.15, 0.2) is 0 Å². The highest BCUT2D eigenvalue weighted by Crippen LogP contribution is 2.61.